The van der Waals surface area contributed by atoms with Crippen molar-refractivity contribution in [3.8, 4) is 5.75 Å². The Labute approximate surface area is 137 Å². The van der Waals surface area contributed by atoms with Crippen LogP contribution >= 0.6 is 15.9 Å². The van der Waals surface area contributed by atoms with Crippen molar-refractivity contribution in [3.63, 3.8) is 0 Å². The highest BCUT2D eigenvalue weighted by Crippen LogP contribution is 2.40. The molecule has 23 heavy (non-hydrogen) atoms. The van der Waals surface area contributed by atoms with Crippen molar-refractivity contribution >= 4 is 22.2 Å². The van der Waals surface area contributed by atoms with E-state index in [1.807, 2.05) is 6.07 Å². The average Bonchev–Trinajstić information content (AvgIpc) is 2.95. The molecule has 0 saturated carbocycles. The van der Waals surface area contributed by atoms with Gasteiger partial charge in [-0.05, 0) is 30.0 Å². The zero-order chi connectivity index (χ0) is 16.7. The molecule has 1 aliphatic rings. The molecule has 0 saturated heterocycles. The van der Waals surface area contributed by atoms with Crippen LogP contribution in [0.5, 0.6) is 5.75 Å². The normalized spacial score (nSPS) is 16.3. The van der Waals surface area contributed by atoms with Gasteiger partial charge in [-0.1, -0.05) is 28.1 Å². The van der Waals surface area contributed by atoms with E-state index in [0.717, 1.165) is 10.0 Å². The first-order valence-electron chi connectivity index (χ1n) is 6.70. The van der Waals surface area contributed by atoms with E-state index in [1.165, 1.54) is 0 Å². The number of hydrogen-bond acceptors (Lipinski definition) is 2. The number of carbonyl (C=O) groups is 1. The molecule has 1 aliphatic carbocycles. The van der Waals surface area contributed by atoms with Crippen LogP contribution in [0.3, 0.4) is 0 Å². The largest absolute Gasteiger partial charge is 0.479 e. The van der Waals surface area contributed by atoms with Crippen LogP contribution in [-0.2, 0) is 6.42 Å². The Bertz CT molecular complexity index is 778. The molecular weight excluding hydrogens is 380 g/mol. The van der Waals surface area contributed by atoms with Gasteiger partial charge in [-0.25, -0.2) is 8.78 Å². The summed E-state index contributed by atoms with van der Waals surface area (Å²) in [6, 6.07) is 5.27. The SMILES string of the molecule is O=Cc1c(F)c(F)c(OC2CCc3c(Br)cccc32)c(F)c1F. The van der Waals surface area contributed by atoms with Gasteiger partial charge in [-0.3, -0.25) is 4.79 Å². The first kappa shape index (κ1) is 16.0. The van der Waals surface area contributed by atoms with E-state index in [9.17, 15) is 22.4 Å². The van der Waals surface area contributed by atoms with Crippen LogP contribution in [0.2, 0.25) is 0 Å². The summed E-state index contributed by atoms with van der Waals surface area (Å²) in [5.74, 6) is -8.10. The van der Waals surface area contributed by atoms with Crippen molar-refractivity contribution in [2.24, 2.45) is 0 Å². The van der Waals surface area contributed by atoms with E-state index in [2.05, 4.69) is 15.9 Å². The van der Waals surface area contributed by atoms with Gasteiger partial charge in [0.15, 0.2) is 23.7 Å². The van der Waals surface area contributed by atoms with Gasteiger partial charge in [-0.2, -0.15) is 8.78 Å². The smallest absolute Gasteiger partial charge is 0.204 e. The summed E-state index contributed by atoms with van der Waals surface area (Å²) in [7, 11) is 0. The third-order valence-electron chi connectivity index (χ3n) is 3.79. The van der Waals surface area contributed by atoms with E-state index >= 15 is 0 Å². The highest BCUT2D eigenvalue weighted by Gasteiger charge is 2.31. The molecule has 0 bridgehead atoms. The van der Waals surface area contributed by atoms with Crippen LogP contribution in [0.25, 0.3) is 0 Å². The second-order valence-electron chi connectivity index (χ2n) is 5.07. The lowest BCUT2D eigenvalue weighted by atomic mass is 10.1. The van der Waals surface area contributed by atoms with Gasteiger partial charge in [-0.15, -0.1) is 0 Å². The van der Waals surface area contributed by atoms with Crippen LogP contribution in [0.1, 0.15) is 34.0 Å². The number of fused-ring (bicyclic) bond motifs is 1. The third kappa shape index (κ3) is 2.52. The van der Waals surface area contributed by atoms with E-state index in [4.69, 9.17) is 4.74 Å². The summed E-state index contributed by atoms with van der Waals surface area (Å²) >= 11 is 3.37. The molecule has 120 valence electrons. The van der Waals surface area contributed by atoms with Crippen molar-refractivity contribution in [2.45, 2.75) is 18.9 Å². The van der Waals surface area contributed by atoms with Gasteiger partial charge in [0.1, 0.15) is 6.10 Å². The molecule has 2 aromatic carbocycles. The molecule has 0 aliphatic heterocycles. The molecule has 2 aromatic rings. The fraction of sp³-hybridized carbons (Fsp3) is 0.188. The second-order valence-corrected chi connectivity index (χ2v) is 5.92. The molecule has 0 amide bonds. The van der Waals surface area contributed by atoms with E-state index in [1.54, 1.807) is 12.1 Å². The molecule has 0 radical (unpaired) electrons. The van der Waals surface area contributed by atoms with Crippen molar-refractivity contribution in [1.29, 1.82) is 0 Å². The van der Waals surface area contributed by atoms with Crippen molar-refractivity contribution < 1.29 is 27.1 Å². The van der Waals surface area contributed by atoms with Crippen LogP contribution < -0.4 is 4.74 Å². The topological polar surface area (TPSA) is 26.3 Å². The van der Waals surface area contributed by atoms with Crippen LogP contribution in [0.4, 0.5) is 17.6 Å². The summed E-state index contributed by atoms with van der Waals surface area (Å²) in [6.07, 6.45) is 0.00697. The van der Waals surface area contributed by atoms with Crippen molar-refractivity contribution in [3.05, 3.63) is 62.6 Å². The minimum atomic E-state index is -1.76. The van der Waals surface area contributed by atoms with Crippen molar-refractivity contribution in [1.82, 2.24) is 0 Å². The Balaban J connectivity index is 2.03. The Kier molecular flexibility index (Phi) is 4.14. The lowest BCUT2D eigenvalue weighted by Gasteiger charge is -2.17. The van der Waals surface area contributed by atoms with E-state index in [-0.39, 0.29) is 6.29 Å². The molecule has 1 atom stereocenters. The summed E-state index contributed by atoms with van der Waals surface area (Å²) < 4.78 is 61.2. The molecule has 0 fully saturated rings. The molecule has 0 aromatic heterocycles. The number of aldehydes is 1. The van der Waals surface area contributed by atoms with Gasteiger partial charge in [0.2, 0.25) is 11.6 Å². The summed E-state index contributed by atoms with van der Waals surface area (Å²) in [6.45, 7) is 0. The maximum absolute atomic E-state index is 13.9. The first-order chi connectivity index (χ1) is 11.0. The number of hydrogen-bond donors (Lipinski definition) is 0. The van der Waals surface area contributed by atoms with Crippen LogP contribution in [0, 0.1) is 23.3 Å². The fourth-order valence-corrected chi connectivity index (χ4v) is 3.25. The highest BCUT2D eigenvalue weighted by molar-refractivity contribution is 9.10. The third-order valence-corrected chi connectivity index (χ3v) is 4.54. The minimum absolute atomic E-state index is 0.275. The molecule has 0 spiro atoms. The Hall–Kier alpha value is -1.89. The van der Waals surface area contributed by atoms with Gasteiger partial charge in [0, 0.05) is 4.47 Å². The van der Waals surface area contributed by atoms with Gasteiger partial charge >= 0.3 is 0 Å². The zero-order valence-corrected chi connectivity index (χ0v) is 13.1. The second kappa shape index (κ2) is 5.96. The minimum Gasteiger partial charge on any atom is -0.479 e. The molecule has 2 nitrogen and oxygen atoms in total. The van der Waals surface area contributed by atoms with Gasteiger partial charge in [0.25, 0.3) is 0 Å². The number of ether oxygens (including phenoxy) is 1. The van der Waals surface area contributed by atoms with Gasteiger partial charge < -0.3 is 4.74 Å². The standard InChI is InChI=1S/C16H9BrF4O2/c17-10-3-1-2-8-7(10)4-5-11(8)23-16-14(20)12(18)9(6-22)13(19)15(16)21/h1-3,6,11H,4-5H2. The maximum Gasteiger partial charge on any atom is 0.204 e. The van der Waals surface area contributed by atoms with Crippen molar-refractivity contribution in [2.75, 3.05) is 0 Å². The average molecular weight is 389 g/mol. The lowest BCUT2D eigenvalue weighted by molar-refractivity contribution is 0.111. The summed E-state index contributed by atoms with van der Waals surface area (Å²) in [4.78, 5) is 10.6. The Morgan fingerprint density at radius 1 is 1.09 bits per heavy atom. The lowest BCUT2D eigenvalue weighted by Crippen LogP contribution is -2.11. The quantitative estimate of drug-likeness (QED) is 0.425. The predicted octanol–water partition coefficient (Wildman–Crippen LogP) is 4.88. The summed E-state index contributed by atoms with van der Waals surface area (Å²) in [5, 5.41) is 0. The molecular formula is C16H9BrF4O2. The fourth-order valence-electron chi connectivity index (χ4n) is 2.67. The number of rotatable bonds is 3. The Morgan fingerprint density at radius 3 is 2.35 bits per heavy atom. The molecule has 7 heteroatoms. The van der Waals surface area contributed by atoms with E-state index in [0.29, 0.717) is 18.4 Å². The Morgan fingerprint density at radius 2 is 1.74 bits per heavy atom. The monoisotopic (exact) mass is 388 g/mol. The maximum atomic E-state index is 13.9. The van der Waals surface area contributed by atoms with Gasteiger partial charge in [0.05, 0.1) is 5.56 Å². The van der Waals surface area contributed by atoms with E-state index < -0.39 is 40.7 Å². The van der Waals surface area contributed by atoms with Crippen LogP contribution in [-0.4, -0.2) is 6.29 Å². The zero-order valence-electron chi connectivity index (χ0n) is 11.5. The molecule has 0 heterocycles. The summed E-state index contributed by atoms with van der Waals surface area (Å²) in [5.41, 5.74) is 0.323. The molecule has 1 unspecified atom stereocenters. The first-order valence-corrected chi connectivity index (χ1v) is 7.50. The van der Waals surface area contributed by atoms with Crippen LogP contribution in [0.15, 0.2) is 22.7 Å². The number of benzene rings is 2. The predicted molar refractivity (Wildman–Crippen MR) is 77.5 cm³/mol. The molecule has 3 rings (SSSR count). The number of carbonyl (C=O) groups excluding carboxylic acids is 1. The molecule has 0 N–H and O–H groups in total. The highest BCUT2D eigenvalue weighted by atomic mass is 79.9. The number of halogens is 5.